The fourth-order valence-electron chi connectivity index (χ4n) is 1.20. The SMILES string of the molecule is NC(=NN=Cc1cccc2nsnc12)N[N+](=O)[O-]. The van der Waals surface area contributed by atoms with Crippen LogP contribution >= 0.6 is 11.7 Å². The van der Waals surface area contributed by atoms with E-state index in [-0.39, 0.29) is 0 Å². The van der Waals surface area contributed by atoms with Crippen molar-refractivity contribution in [2.75, 3.05) is 0 Å². The molecule has 10 heteroatoms. The molecule has 0 aliphatic heterocycles. The molecule has 0 radical (unpaired) electrons. The molecule has 9 nitrogen and oxygen atoms in total. The van der Waals surface area contributed by atoms with Crippen molar-refractivity contribution in [3.05, 3.63) is 33.9 Å². The van der Waals surface area contributed by atoms with Crippen molar-refractivity contribution < 1.29 is 5.03 Å². The number of nitrogens with zero attached hydrogens (tertiary/aromatic N) is 5. The largest absolute Gasteiger partial charge is 0.364 e. The predicted octanol–water partition coefficient (Wildman–Crippen LogP) is 0.121. The Hall–Kier alpha value is -2.62. The first kappa shape index (κ1) is 11.9. The summed E-state index contributed by atoms with van der Waals surface area (Å²) in [5, 5.41) is 16.3. The van der Waals surface area contributed by atoms with E-state index >= 15 is 0 Å². The van der Waals surface area contributed by atoms with Crippen LogP contribution in [0.15, 0.2) is 28.4 Å². The highest BCUT2D eigenvalue weighted by Gasteiger charge is 2.02. The lowest BCUT2D eigenvalue weighted by Gasteiger charge is -1.93. The number of fused-ring (bicyclic) bond motifs is 1. The van der Waals surface area contributed by atoms with Crippen molar-refractivity contribution in [2.24, 2.45) is 15.9 Å². The van der Waals surface area contributed by atoms with Gasteiger partial charge in [-0.25, -0.2) is 10.1 Å². The minimum absolute atomic E-state index is 0.403. The monoisotopic (exact) mass is 265 g/mol. The Morgan fingerprint density at radius 2 is 2.39 bits per heavy atom. The van der Waals surface area contributed by atoms with Crippen molar-refractivity contribution in [3.8, 4) is 0 Å². The number of nitrogens with two attached hydrogens (primary N) is 1. The summed E-state index contributed by atoms with van der Waals surface area (Å²) in [5.41, 5.74) is 9.02. The second-order valence-electron chi connectivity index (χ2n) is 3.08. The molecule has 0 atom stereocenters. The molecule has 0 aliphatic rings. The predicted molar refractivity (Wildman–Crippen MR) is 66.8 cm³/mol. The zero-order chi connectivity index (χ0) is 13.0. The zero-order valence-corrected chi connectivity index (χ0v) is 9.66. The van der Waals surface area contributed by atoms with Crippen LogP contribution in [0.25, 0.3) is 11.0 Å². The van der Waals surface area contributed by atoms with Crippen LogP contribution in [0.2, 0.25) is 0 Å². The van der Waals surface area contributed by atoms with Gasteiger partial charge in [0.15, 0.2) is 5.03 Å². The molecule has 92 valence electrons. The summed E-state index contributed by atoms with van der Waals surface area (Å²) in [7, 11) is 0. The maximum atomic E-state index is 10.0. The first-order chi connectivity index (χ1) is 8.66. The Labute approximate surface area is 104 Å². The summed E-state index contributed by atoms with van der Waals surface area (Å²) >= 11 is 1.09. The highest BCUT2D eigenvalue weighted by molar-refractivity contribution is 7.00. The van der Waals surface area contributed by atoms with E-state index in [1.165, 1.54) is 6.21 Å². The molecule has 0 unspecified atom stereocenters. The van der Waals surface area contributed by atoms with E-state index in [1.807, 2.05) is 6.07 Å². The normalized spacial score (nSPS) is 12.1. The Kier molecular flexibility index (Phi) is 3.38. The number of nitrogens with one attached hydrogen (secondary N) is 1. The molecular weight excluding hydrogens is 258 g/mol. The van der Waals surface area contributed by atoms with Gasteiger partial charge in [0, 0.05) is 5.56 Å². The van der Waals surface area contributed by atoms with Crippen LogP contribution in [0.5, 0.6) is 0 Å². The fraction of sp³-hybridized carbons (Fsp3) is 0. The highest BCUT2D eigenvalue weighted by atomic mass is 32.1. The van der Waals surface area contributed by atoms with Gasteiger partial charge in [-0.3, -0.25) is 0 Å². The molecule has 0 saturated carbocycles. The average molecular weight is 265 g/mol. The molecule has 2 aromatic rings. The summed E-state index contributed by atoms with van der Waals surface area (Å²) in [6.45, 7) is 0. The van der Waals surface area contributed by atoms with Gasteiger partial charge in [-0.1, -0.05) is 17.6 Å². The molecule has 2 rings (SSSR count). The van der Waals surface area contributed by atoms with E-state index in [0.29, 0.717) is 11.1 Å². The van der Waals surface area contributed by atoms with Crippen molar-refractivity contribution in [2.45, 2.75) is 0 Å². The van der Waals surface area contributed by atoms with E-state index in [9.17, 15) is 10.1 Å². The van der Waals surface area contributed by atoms with E-state index in [0.717, 1.165) is 17.2 Å². The first-order valence-corrected chi connectivity index (χ1v) is 5.38. The zero-order valence-electron chi connectivity index (χ0n) is 8.85. The Morgan fingerprint density at radius 1 is 1.56 bits per heavy atom. The van der Waals surface area contributed by atoms with Gasteiger partial charge < -0.3 is 5.73 Å². The lowest BCUT2D eigenvalue weighted by molar-refractivity contribution is -0.525. The maximum absolute atomic E-state index is 10.0. The molecule has 1 aromatic carbocycles. The molecule has 18 heavy (non-hydrogen) atoms. The third kappa shape index (κ3) is 2.74. The standard InChI is InChI=1S/C8H7N7O2S/c9-8(12-15(16)17)11-10-4-5-2-1-3-6-7(5)14-18-13-6/h1-4H,(H3,9,11,12). The number of guanidine groups is 1. The van der Waals surface area contributed by atoms with Crippen LogP contribution in [-0.2, 0) is 0 Å². The number of rotatable bonds is 3. The van der Waals surface area contributed by atoms with Gasteiger partial charge in [-0.05, 0) is 6.07 Å². The smallest absolute Gasteiger partial charge is 0.275 e. The van der Waals surface area contributed by atoms with Crippen LogP contribution in [0, 0.1) is 10.1 Å². The molecule has 1 heterocycles. The molecule has 0 aliphatic carbocycles. The third-order valence-electron chi connectivity index (χ3n) is 1.89. The van der Waals surface area contributed by atoms with E-state index in [1.54, 1.807) is 17.6 Å². The van der Waals surface area contributed by atoms with Crippen molar-refractivity contribution in [1.29, 1.82) is 0 Å². The number of aromatic nitrogens is 2. The summed E-state index contributed by atoms with van der Waals surface area (Å²) in [4.78, 5) is 10.0. The molecule has 0 amide bonds. The summed E-state index contributed by atoms with van der Waals surface area (Å²) in [5.74, 6) is -0.403. The van der Waals surface area contributed by atoms with Crippen LogP contribution in [0.4, 0.5) is 0 Å². The van der Waals surface area contributed by atoms with Crippen molar-refractivity contribution >= 4 is 34.9 Å². The minimum atomic E-state index is -0.820. The Balaban J connectivity index is 2.18. The molecule has 1 aromatic heterocycles. The van der Waals surface area contributed by atoms with Crippen LogP contribution in [0.3, 0.4) is 0 Å². The first-order valence-electron chi connectivity index (χ1n) is 4.65. The average Bonchev–Trinajstić information content (AvgIpc) is 2.76. The summed E-state index contributed by atoms with van der Waals surface area (Å²) in [6, 6.07) is 5.40. The van der Waals surface area contributed by atoms with Crippen molar-refractivity contribution in [1.82, 2.24) is 14.2 Å². The van der Waals surface area contributed by atoms with Gasteiger partial charge in [0.25, 0.3) is 5.96 Å². The minimum Gasteiger partial charge on any atom is -0.364 e. The van der Waals surface area contributed by atoms with E-state index in [2.05, 4.69) is 18.9 Å². The Morgan fingerprint density at radius 3 is 3.17 bits per heavy atom. The third-order valence-corrected chi connectivity index (χ3v) is 2.43. The van der Waals surface area contributed by atoms with E-state index in [4.69, 9.17) is 5.73 Å². The number of benzene rings is 1. The highest BCUT2D eigenvalue weighted by Crippen LogP contribution is 2.14. The van der Waals surface area contributed by atoms with Gasteiger partial charge in [0.2, 0.25) is 0 Å². The van der Waals surface area contributed by atoms with Crippen molar-refractivity contribution in [3.63, 3.8) is 0 Å². The quantitative estimate of drug-likeness (QED) is 0.350. The summed E-state index contributed by atoms with van der Waals surface area (Å²) < 4.78 is 8.17. The Bertz CT molecular complexity index is 635. The number of hydrogen-bond donors (Lipinski definition) is 2. The maximum Gasteiger partial charge on any atom is 0.275 e. The number of hydrogen-bond acceptors (Lipinski definition) is 7. The molecule has 0 fully saturated rings. The second kappa shape index (κ2) is 5.14. The molecule has 3 N–H and O–H groups in total. The van der Waals surface area contributed by atoms with E-state index < -0.39 is 11.0 Å². The van der Waals surface area contributed by atoms with Gasteiger partial charge in [0.05, 0.1) is 17.9 Å². The molecule has 0 saturated heterocycles. The molecule has 0 bridgehead atoms. The summed E-state index contributed by atoms with van der Waals surface area (Å²) in [6.07, 6.45) is 1.40. The lowest BCUT2D eigenvalue weighted by atomic mass is 10.2. The number of nitro groups is 1. The van der Waals surface area contributed by atoms with Gasteiger partial charge in [0.1, 0.15) is 11.0 Å². The van der Waals surface area contributed by atoms with Crippen LogP contribution in [-0.4, -0.2) is 26.0 Å². The fourth-order valence-corrected chi connectivity index (χ4v) is 1.76. The van der Waals surface area contributed by atoms with Crippen LogP contribution < -0.4 is 11.2 Å². The van der Waals surface area contributed by atoms with Gasteiger partial charge in [-0.15, -0.1) is 5.10 Å². The van der Waals surface area contributed by atoms with Crippen LogP contribution in [0.1, 0.15) is 5.56 Å². The lowest BCUT2D eigenvalue weighted by Crippen LogP contribution is -2.35. The topological polar surface area (TPSA) is 132 Å². The van der Waals surface area contributed by atoms with Gasteiger partial charge >= 0.3 is 0 Å². The molecule has 0 spiro atoms. The molecular formula is C8H7N7O2S. The van der Waals surface area contributed by atoms with Gasteiger partial charge in [-0.2, -0.15) is 13.8 Å². The second-order valence-corrected chi connectivity index (χ2v) is 3.61. The number of hydrazine groups is 1.